The van der Waals surface area contributed by atoms with Gasteiger partial charge < -0.3 is 5.32 Å². The highest BCUT2D eigenvalue weighted by molar-refractivity contribution is 5.62. The highest BCUT2D eigenvalue weighted by atomic mass is 15.3. The van der Waals surface area contributed by atoms with Gasteiger partial charge in [-0.2, -0.15) is 0 Å². The van der Waals surface area contributed by atoms with Gasteiger partial charge in [0.05, 0.1) is 0 Å². The molecule has 0 bridgehead atoms. The Bertz CT molecular complexity index is 480. The number of hydrogen-bond acceptors (Lipinski definition) is 4. The van der Waals surface area contributed by atoms with Crippen LogP contribution in [0.2, 0.25) is 0 Å². The molecule has 5 nitrogen and oxygen atoms in total. The lowest BCUT2D eigenvalue weighted by molar-refractivity contribution is 0.630. The SMILES string of the molecule is Cc1nnc2c(NC(C)(C)C)nccn12. The van der Waals surface area contributed by atoms with Crippen LogP contribution in [0.4, 0.5) is 5.82 Å². The predicted octanol–water partition coefficient (Wildman–Crippen LogP) is 1.64. The molecule has 5 heteroatoms. The summed E-state index contributed by atoms with van der Waals surface area (Å²) in [6, 6.07) is 0. The molecule has 0 aliphatic rings. The minimum absolute atomic E-state index is 0.0330. The number of rotatable bonds is 1. The monoisotopic (exact) mass is 205 g/mol. The van der Waals surface area contributed by atoms with E-state index in [0.29, 0.717) is 0 Å². The first-order chi connectivity index (χ1) is 6.97. The van der Waals surface area contributed by atoms with Gasteiger partial charge in [-0.15, -0.1) is 10.2 Å². The Balaban J connectivity index is 2.52. The average Bonchev–Trinajstić information content (AvgIpc) is 2.47. The molecule has 0 spiro atoms. The van der Waals surface area contributed by atoms with E-state index >= 15 is 0 Å². The van der Waals surface area contributed by atoms with Crippen LogP contribution < -0.4 is 5.32 Å². The van der Waals surface area contributed by atoms with E-state index < -0.39 is 0 Å². The smallest absolute Gasteiger partial charge is 0.203 e. The van der Waals surface area contributed by atoms with Gasteiger partial charge in [-0.1, -0.05) is 0 Å². The minimum atomic E-state index is -0.0330. The van der Waals surface area contributed by atoms with Gasteiger partial charge >= 0.3 is 0 Å². The summed E-state index contributed by atoms with van der Waals surface area (Å²) in [6.07, 6.45) is 3.61. The maximum atomic E-state index is 4.27. The first kappa shape index (κ1) is 9.89. The van der Waals surface area contributed by atoms with Crippen molar-refractivity contribution >= 4 is 11.5 Å². The van der Waals surface area contributed by atoms with Crippen LogP contribution in [0, 0.1) is 6.92 Å². The lowest BCUT2D eigenvalue weighted by Gasteiger charge is -2.21. The molecule has 0 saturated heterocycles. The van der Waals surface area contributed by atoms with E-state index in [1.807, 2.05) is 17.5 Å². The van der Waals surface area contributed by atoms with Crippen molar-refractivity contribution in [2.24, 2.45) is 0 Å². The standard InChI is InChI=1S/C10H15N5/c1-7-13-14-9-8(12-10(2,3)4)11-5-6-15(7)9/h5-6H,1-4H3,(H,11,12). The molecule has 0 aromatic carbocycles. The fraction of sp³-hybridized carbons (Fsp3) is 0.500. The quantitative estimate of drug-likeness (QED) is 0.769. The van der Waals surface area contributed by atoms with Crippen LogP contribution in [0.25, 0.3) is 5.65 Å². The normalized spacial score (nSPS) is 12.0. The summed E-state index contributed by atoms with van der Waals surface area (Å²) in [5, 5.41) is 11.4. The van der Waals surface area contributed by atoms with E-state index in [2.05, 4.69) is 41.3 Å². The lowest BCUT2D eigenvalue weighted by atomic mass is 10.1. The largest absolute Gasteiger partial charge is 0.362 e. The molecule has 0 aliphatic heterocycles. The van der Waals surface area contributed by atoms with Crippen LogP contribution in [-0.2, 0) is 0 Å². The highest BCUT2D eigenvalue weighted by Crippen LogP contribution is 2.16. The molecular weight excluding hydrogens is 190 g/mol. The van der Waals surface area contributed by atoms with Crippen molar-refractivity contribution in [1.82, 2.24) is 19.6 Å². The fourth-order valence-corrected chi connectivity index (χ4v) is 1.38. The summed E-state index contributed by atoms with van der Waals surface area (Å²) in [7, 11) is 0. The molecule has 15 heavy (non-hydrogen) atoms. The van der Waals surface area contributed by atoms with Gasteiger partial charge in [0.1, 0.15) is 5.82 Å². The maximum absolute atomic E-state index is 4.27. The first-order valence-corrected chi connectivity index (χ1v) is 4.92. The zero-order valence-electron chi connectivity index (χ0n) is 9.44. The Kier molecular flexibility index (Phi) is 2.10. The molecule has 2 aromatic heterocycles. The van der Waals surface area contributed by atoms with Crippen molar-refractivity contribution < 1.29 is 0 Å². The third kappa shape index (κ3) is 1.91. The zero-order chi connectivity index (χ0) is 11.1. The van der Waals surface area contributed by atoms with E-state index in [1.165, 1.54) is 0 Å². The average molecular weight is 205 g/mol. The van der Waals surface area contributed by atoms with Crippen molar-refractivity contribution in [3.8, 4) is 0 Å². The van der Waals surface area contributed by atoms with Gasteiger partial charge in [0.25, 0.3) is 0 Å². The van der Waals surface area contributed by atoms with Crippen LogP contribution in [0.15, 0.2) is 12.4 Å². The Morgan fingerprint density at radius 3 is 2.67 bits per heavy atom. The number of aryl methyl sites for hydroxylation is 1. The molecule has 80 valence electrons. The summed E-state index contributed by atoms with van der Waals surface area (Å²) in [4.78, 5) is 4.27. The lowest BCUT2D eigenvalue weighted by Crippen LogP contribution is -2.27. The second kappa shape index (κ2) is 3.18. The van der Waals surface area contributed by atoms with Crippen LogP contribution in [0.5, 0.6) is 0 Å². The fourth-order valence-electron chi connectivity index (χ4n) is 1.38. The Morgan fingerprint density at radius 1 is 1.27 bits per heavy atom. The number of hydrogen-bond donors (Lipinski definition) is 1. The van der Waals surface area contributed by atoms with Crippen molar-refractivity contribution in [1.29, 1.82) is 0 Å². The van der Waals surface area contributed by atoms with Crippen LogP contribution in [0.3, 0.4) is 0 Å². The molecule has 2 heterocycles. The van der Waals surface area contributed by atoms with E-state index in [4.69, 9.17) is 0 Å². The summed E-state index contributed by atoms with van der Waals surface area (Å²) in [5.74, 6) is 1.63. The topological polar surface area (TPSA) is 55.1 Å². The third-order valence-corrected chi connectivity index (χ3v) is 1.99. The van der Waals surface area contributed by atoms with E-state index in [1.54, 1.807) is 6.20 Å². The number of nitrogens with one attached hydrogen (secondary N) is 1. The van der Waals surface area contributed by atoms with Gasteiger partial charge in [-0.3, -0.25) is 4.40 Å². The molecule has 0 radical (unpaired) electrons. The highest BCUT2D eigenvalue weighted by Gasteiger charge is 2.14. The second-order valence-electron chi connectivity index (χ2n) is 4.59. The van der Waals surface area contributed by atoms with Crippen LogP contribution in [0.1, 0.15) is 26.6 Å². The molecule has 0 amide bonds. The molecule has 2 aromatic rings. The summed E-state index contributed by atoms with van der Waals surface area (Å²) in [6.45, 7) is 8.17. The summed E-state index contributed by atoms with van der Waals surface area (Å²) in [5.41, 5.74) is 0.735. The van der Waals surface area contributed by atoms with Gasteiger partial charge in [0, 0.05) is 17.9 Å². The molecule has 0 unspecified atom stereocenters. The molecule has 0 aliphatic carbocycles. The second-order valence-corrected chi connectivity index (χ2v) is 4.59. The number of anilines is 1. The molecule has 1 N–H and O–H groups in total. The van der Waals surface area contributed by atoms with Crippen LogP contribution in [-0.4, -0.2) is 25.1 Å². The molecule has 0 saturated carbocycles. The third-order valence-electron chi connectivity index (χ3n) is 1.99. The minimum Gasteiger partial charge on any atom is -0.362 e. The number of nitrogens with zero attached hydrogens (tertiary/aromatic N) is 4. The Labute approximate surface area is 88.6 Å². The first-order valence-electron chi connectivity index (χ1n) is 4.92. The molecule has 0 atom stereocenters. The molecule has 2 rings (SSSR count). The Morgan fingerprint density at radius 2 is 2.00 bits per heavy atom. The van der Waals surface area contributed by atoms with Crippen molar-refractivity contribution in [2.75, 3.05) is 5.32 Å². The van der Waals surface area contributed by atoms with E-state index in [0.717, 1.165) is 17.3 Å². The van der Waals surface area contributed by atoms with Gasteiger partial charge in [-0.25, -0.2) is 4.98 Å². The van der Waals surface area contributed by atoms with Crippen molar-refractivity contribution in [3.63, 3.8) is 0 Å². The predicted molar refractivity (Wildman–Crippen MR) is 58.9 cm³/mol. The Hall–Kier alpha value is -1.65. The maximum Gasteiger partial charge on any atom is 0.203 e. The zero-order valence-corrected chi connectivity index (χ0v) is 9.44. The van der Waals surface area contributed by atoms with Crippen LogP contribution >= 0.6 is 0 Å². The molecule has 0 fully saturated rings. The number of aromatic nitrogens is 4. The van der Waals surface area contributed by atoms with E-state index in [-0.39, 0.29) is 5.54 Å². The van der Waals surface area contributed by atoms with Gasteiger partial charge in [0.15, 0.2) is 5.82 Å². The van der Waals surface area contributed by atoms with Crippen molar-refractivity contribution in [3.05, 3.63) is 18.2 Å². The van der Waals surface area contributed by atoms with Crippen molar-refractivity contribution in [2.45, 2.75) is 33.2 Å². The summed E-state index contributed by atoms with van der Waals surface area (Å²) >= 11 is 0. The van der Waals surface area contributed by atoms with E-state index in [9.17, 15) is 0 Å². The molecular formula is C10H15N5. The van der Waals surface area contributed by atoms with Gasteiger partial charge in [-0.05, 0) is 27.7 Å². The number of fused-ring (bicyclic) bond motifs is 1. The summed E-state index contributed by atoms with van der Waals surface area (Å²) < 4.78 is 1.92. The van der Waals surface area contributed by atoms with Gasteiger partial charge in [0.2, 0.25) is 5.65 Å².